The minimum Gasteiger partial charge on any atom is -0.395 e. The maximum absolute atomic E-state index is 13.1. The van der Waals surface area contributed by atoms with E-state index in [1.807, 2.05) is 62.5 Å². The van der Waals surface area contributed by atoms with E-state index in [9.17, 15) is 10.0 Å². The van der Waals surface area contributed by atoms with Crippen LogP contribution in [0.15, 0.2) is 67.0 Å². The number of rotatable bonds is 12. The molecular weight excluding hydrogens is 582 g/mol. The summed E-state index contributed by atoms with van der Waals surface area (Å²) in [6.07, 6.45) is 3.40. The van der Waals surface area contributed by atoms with Gasteiger partial charge in [0.25, 0.3) is 5.91 Å². The van der Waals surface area contributed by atoms with Crippen LogP contribution in [0.1, 0.15) is 32.7 Å². The third-order valence-corrected chi connectivity index (χ3v) is 7.57. The summed E-state index contributed by atoms with van der Waals surface area (Å²) in [4.78, 5) is 22.0. The Labute approximate surface area is 259 Å². The van der Waals surface area contributed by atoms with Crippen LogP contribution >= 0.6 is 11.6 Å². The maximum atomic E-state index is 13.1. The summed E-state index contributed by atoms with van der Waals surface area (Å²) in [6, 6.07) is 16.9. The van der Waals surface area contributed by atoms with Gasteiger partial charge in [-0.15, -0.1) is 5.10 Å². The Balaban J connectivity index is 1.39. The second-order valence-electron chi connectivity index (χ2n) is 10.4. The highest BCUT2D eigenvalue weighted by Gasteiger charge is 2.17. The Morgan fingerprint density at radius 1 is 0.977 bits per heavy atom. The lowest BCUT2D eigenvalue weighted by molar-refractivity contribution is -0.107. The van der Waals surface area contributed by atoms with E-state index in [0.29, 0.717) is 40.8 Å². The number of hydroxylamine groups is 2. The molecule has 2 aromatic carbocycles. The second kappa shape index (κ2) is 14.0. The zero-order valence-electron chi connectivity index (χ0n) is 24.5. The Morgan fingerprint density at radius 2 is 1.73 bits per heavy atom. The summed E-state index contributed by atoms with van der Waals surface area (Å²) < 4.78 is 1.68. The summed E-state index contributed by atoms with van der Waals surface area (Å²) in [5, 5.41) is 40.1. The first kappa shape index (κ1) is 31.2. The number of carbonyl (C=O) groups excluding carboxylic acids is 1. The minimum absolute atomic E-state index is 0.0529. The standard InChI is InChI=1S/C32H34ClN7O4/c1-20-24(5-3-7-26(20)30-37-31-27(33)15-23(16-34-11-13-41)19-40(31)38-30)25-6-4-8-28(21(25)2)36-32(43)29-10-9-22(17-35-29)18-39(44)12-14-42/h3-10,15,17,19,34,41-42,44H,11-14,16,18H2,1-2H3,(H,36,43). The van der Waals surface area contributed by atoms with Crippen LogP contribution in [0.3, 0.4) is 0 Å². The zero-order chi connectivity index (χ0) is 31.2. The lowest BCUT2D eigenvalue weighted by Gasteiger charge is -2.16. The van der Waals surface area contributed by atoms with Crippen molar-refractivity contribution < 1.29 is 20.2 Å². The van der Waals surface area contributed by atoms with Gasteiger partial charge in [0, 0.05) is 43.3 Å². The summed E-state index contributed by atoms with van der Waals surface area (Å²) in [5.74, 6) is 0.194. The van der Waals surface area contributed by atoms with Crippen molar-refractivity contribution in [2.75, 3.05) is 31.6 Å². The number of aliphatic hydroxyl groups is 2. The van der Waals surface area contributed by atoms with Crippen LogP contribution < -0.4 is 10.6 Å². The van der Waals surface area contributed by atoms with Gasteiger partial charge in [0.05, 0.1) is 24.8 Å². The number of carbonyl (C=O) groups is 1. The number of halogens is 1. The van der Waals surface area contributed by atoms with Crippen molar-refractivity contribution in [2.45, 2.75) is 26.9 Å². The van der Waals surface area contributed by atoms with Crippen molar-refractivity contribution in [3.63, 3.8) is 0 Å². The first-order chi connectivity index (χ1) is 21.3. The van der Waals surface area contributed by atoms with E-state index in [2.05, 4.69) is 15.6 Å². The predicted molar refractivity (Wildman–Crippen MR) is 169 cm³/mol. The quantitative estimate of drug-likeness (QED) is 0.103. The Hall–Kier alpha value is -4.23. The van der Waals surface area contributed by atoms with Gasteiger partial charge in [0.1, 0.15) is 5.69 Å². The van der Waals surface area contributed by atoms with Crippen molar-refractivity contribution >= 4 is 28.8 Å². The first-order valence-electron chi connectivity index (χ1n) is 14.2. The summed E-state index contributed by atoms with van der Waals surface area (Å²) in [6.45, 7) is 5.21. The summed E-state index contributed by atoms with van der Waals surface area (Å²) in [7, 11) is 0. The molecular formula is C32H34ClN7O4. The van der Waals surface area contributed by atoms with Crippen LogP contribution in [-0.4, -0.2) is 72.3 Å². The van der Waals surface area contributed by atoms with Crippen LogP contribution in [0.2, 0.25) is 5.02 Å². The van der Waals surface area contributed by atoms with Gasteiger partial charge in [-0.05, 0) is 65.4 Å². The molecule has 5 aromatic rings. The fraction of sp³-hybridized carbons (Fsp3) is 0.250. The molecule has 44 heavy (non-hydrogen) atoms. The Morgan fingerprint density at radius 3 is 2.45 bits per heavy atom. The largest absolute Gasteiger partial charge is 0.395 e. The van der Waals surface area contributed by atoms with Crippen molar-refractivity contribution in [2.24, 2.45) is 0 Å². The van der Waals surface area contributed by atoms with Crippen molar-refractivity contribution in [1.29, 1.82) is 0 Å². The molecule has 0 aliphatic rings. The highest BCUT2D eigenvalue weighted by atomic mass is 35.5. The smallest absolute Gasteiger partial charge is 0.274 e. The molecule has 5 rings (SSSR count). The van der Waals surface area contributed by atoms with E-state index in [1.54, 1.807) is 16.6 Å². The molecule has 0 saturated heterocycles. The molecule has 0 spiro atoms. The van der Waals surface area contributed by atoms with Crippen LogP contribution in [0, 0.1) is 13.8 Å². The van der Waals surface area contributed by atoms with E-state index in [-0.39, 0.29) is 37.9 Å². The molecule has 0 radical (unpaired) electrons. The molecule has 0 aliphatic heterocycles. The number of amides is 1. The van der Waals surface area contributed by atoms with E-state index < -0.39 is 0 Å². The monoisotopic (exact) mass is 615 g/mol. The van der Waals surface area contributed by atoms with Gasteiger partial charge >= 0.3 is 0 Å². The van der Waals surface area contributed by atoms with Crippen LogP contribution in [0.25, 0.3) is 28.2 Å². The molecule has 0 saturated carbocycles. The molecule has 5 N–H and O–H groups in total. The molecule has 1 amide bonds. The Bertz CT molecular complexity index is 1780. The molecule has 0 aliphatic carbocycles. The number of aromatic nitrogens is 4. The average molecular weight is 616 g/mol. The third-order valence-electron chi connectivity index (χ3n) is 7.29. The number of benzene rings is 2. The Kier molecular flexibility index (Phi) is 9.95. The van der Waals surface area contributed by atoms with Crippen LogP contribution in [0.4, 0.5) is 5.69 Å². The number of fused-ring (bicyclic) bond motifs is 1. The SMILES string of the molecule is Cc1c(NC(=O)c2ccc(CN(O)CCO)cn2)cccc1-c1cccc(-c2nc3c(Cl)cc(CNCCO)cn3n2)c1C. The topological polar surface area (TPSA) is 148 Å². The molecule has 0 unspecified atom stereocenters. The maximum Gasteiger partial charge on any atom is 0.274 e. The van der Waals surface area contributed by atoms with Gasteiger partial charge in [-0.25, -0.2) is 9.50 Å². The average Bonchev–Trinajstić information content (AvgIpc) is 3.44. The fourth-order valence-corrected chi connectivity index (χ4v) is 5.27. The van der Waals surface area contributed by atoms with Gasteiger partial charge < -0.3 is 26.1 Å². The molecule has 3 heterocycles. The molecule has 12 heteroatoms. The van der Waals surface area contributed by atoms with Gasteiger partial charge in [-0.3, -0.25) is 9.78 Å². The van der Waals surface area contributed by atoms with E-state index >= 15 is 0 Å². The highest BCUT2D eigenvalue weighted by Crippen LogP contribution is 2.35. The molecule has 0 atom stereocenters. The number of anilines is 1. The van der Waals surface area contributed by atoms with Crippen molar-refractivity contribution in [3.05, 3.63) is 100.0 Å². The van der Waals surface area contributed by atoms with Gasteiger partial charge in [0.15, 0.2) is 11.5 Å². The summed E-state index contributed by atoms with van der Waals surface area (Å²) in [5.41, 5.74) is 7.76. The number of pyridine rings is 2. The second-order valence-corrected chi connectivity index (χ2v) is 10.8. The number of hydrogen-bond donors (Lipinski definition) is 5. The number of aliphatic hydroxyl groups excluding tert-OH is 2. The zero-order valence-corrected chi connectivity index (χ0v) is 25.2. The first-order valence-corrected chi connectivity index (χ1v) is 14.5. The van der Waals surface area contributed by atoms with E-state index in [4.69, 9.17) is 31.9 Å². The minimum atomic E-state index is -0.352. The lowest BCUT2D eigenvalue weighted by Crippen LogP contribution is -2.22. The molecule has 228 valence electrons. The molecule has 0 bridgehead atoms. The number of nitrogens with one attached hydrogen (secondary N) is 2. The van der Waals surface area contributed by atoms with Crippen molar-refractivity contribution in [1.82, 2.24) is 30.0 Å². The van der Waals surface area contributed by atoms with Crippen LogP contribution in [0.5, 0.6) is 0 Å². The highest BCUT2D eigenvalue weighted by molar-refractivity contribution is 6.33. The number of nitrogens with zero attached hydrogens (tertiary/aromatic N) is 5. The predicted octanol–water partition coefficient (Wildman–Crippen LogP) is 4.25. The number of hydrogen-bond acceptors (Lipinski definition) is 9. The summed E-state index contributed by atoms with van der Waals surface area (Å²) >= 11 is 6.55. The van der Waals surface area contributed by atoms with Gasteiger partial charge in [0.2, 0.25) is 0 Å². The van der Waals surface area contributed by atoms with E-state index in [1.165, 1.54) is 6.20 Å². The normalized spacial score (nSPS) is 11.4. The molecule has 0 fully saturated rings. The van der Waals surface area contributed by atoms with Crippen LogP contribution in [-0.2, 0) is 13.1 Å². The van der Waals surface area contributed by atoms with Gasteiger partial charge in [-0.1, -0.05) is 48.0 Å². The molecule has 3 aromatic heterocycles. The van der Waals surface area contributed by atoms with E-state index in [0.717, 1.165) is 38.4 Å². The van der Waals surface area contributed by atoms with Gasteiger partial charge in [-0.2, -0.15) is 5.06 Å². The van der Waals surface area contributed by atoms with Crippen molar-refractivity contribution in [3.8, 4) is 22.5 Å². The lowest BCUT2D eigenvalue weighted by atomic mass is 9.92. The molecule has 11 nitrogen and oxygen atoms in total. The fourth-order valence-electron chi connectivity index (χ4n) is 5.00. The third kappa shape index (κ3) is 6.94.